The van der Waals surface area contributed by atoms with Crippen LogP contribution in [0.4, 0.5) is 5.69 Å². The number of anilines is 1. The van der Waals surface area contributed by atoms with Gasteiger partial charge in [0.25, 0.3) is 0 Å². The highest BCUT2D eigenvalue weighted by atomic mass is 16.5. The zero-order valence-electron chi connectivity index (χ0n) is 24.1. The van der Waals surface area contributed by atoms with Gasteiger partial charge in [-0.15, -0.1) is 5.10 Å². The summed E-state index contributed by atoms with van der Waals surface area (Å²) >= 11 is 0. The number of fused-ring (bicyclic) bond motifs is 1. The van der Waals surface area contributed by atoms with Gasteiger partial charge in [-0.3, -0.25) is 4.79 Å². The zero-order chi connectivity index (χ0) is 30.0. The van der Waals surface area contributed by atoms with Gasteiger partial charge >= 0.3 is 0 Å². The summed E-state index contributed by atoms with van der Waals surface area (Å²) < 4.78 is 25.8. The molecule has 44 heavy (non-hydrogen) atoms. The molecule has 1 N–H and O–H groups in total. The highest BCUT2D eigenvalue weighted by Crippen LogP contribution is 2.33. The van der Waals surface area contributed by atoms with Crippen LogP contribution in [0.2, 0.25) is 0 Å². The lowest BCUT2D eigenvalue weighted by atomic mass is 10.1. The molecule has 6 aromatic rings. The predicted molar refractivity (Wildman–Crippen MR) is 169 cm³/mol. The smallest absolute Gasteiger partial charge is 0.235 e. The molecule has 0 amide bonds. The summed E-state index contributed by atoms with van der Waals surface area (Å²) in [5, 5.41) is 12.2. The molecule has 0 radical (unpaired) electrons. The molecule has 0 aliphatic rings. The standard InChI is InChI=1S/C35H32N4O5/c40-33-31-16-7-8-17-32(31)44-34(35(33)43-25-26-10-3-1-4-11-26)27-12-9-15-30(22-27)42-21-20-41-19-18-39-24-29(37-38-39)23-36-28-13-5-2-6-14-28/h1-17,22,24,36H,18-21,23,25H2. The Bertz CT molecular complexity index is 1850. The van der Waals surface area contributed by atoms with Crippen LogP contribution in [0.1, 0.15) is 11.3 Å². The van der Waals surface area contributed by atoms with E-state index in [0.29, 0.717) is 61.0 Å². The third kappa shape index (κ3) is 7.32. The van der Waals surface area contributed by atoms with E-state index in [1.807, 2.05) is 103 Å². The molecule has 9 heteroatoms. The molecule has 0 aliphatic carbocycles. The SMILES string of the molecule is O=c1c(OCc2ccccc2)c(-c2cccc(OCCOCCn3cc(CNc4ccccc4)nn3)c2)oc2ccccc12. The third-order valence-electron chi connectivity index (χ3n) is 6.87. The largest absolute Gasteiger partial charge is 0.491 e. The summed E-state index contributed by atoms with van der Waals surface area (Å²) in [5.41, 5.74) is 3.80. The van der Waals surface area contributed by atoms with Crippen LogP contribution < -0.4 is 20.2 Å². The molecule has 0 atom stereocenters. The minimum atomic E-state index is -0.218. The number of aromatic nitrogens is 3. The summed E-state index contributed by atoms with van der Waals surface area (Å²) in [4.78, 5) is 13.5. The number of benzene rings is 4. The van der Waals surface area contributed by atoms with E-state index < -0.39 is 0 Å². The molecular weight excluding hydrogens is 556 g/mol. The number of ether oxygens (including phenoxy) is 3. The van der Waals surface area contributed by atoms with Gasteiger partial charge in [-0.25, -0.2) is 4.68 Å². The second kappa shape index (κ2) is 14.2. The van der Waals surface area contributed by atoms with Gasteiger partial charge in [0.1, 0.15) is 30.2 Å². The normalized spacial score (nSPS) is 11.0. The van der Waals surface area contributed by atoms with E-state index >= 15 is 0 Å². The van der Waals surface area contributed by atoms with Gasteiger partial charge in [-0.05, 0) is 42.0 Å². The van der Waals surface area contributed by atoms with Crippen molar-refractivity contribution in [2.75, 3.05) is 25.1 Å². The fraction of sp³-hybridized carbons (Fsp3) is 0.171. The molecule has 0 bridgehead atoms. The van der Waals surface area contributed by atoms with E-state index in [0.717, 1.165) is 16.9 Å². The van der Waals surface area contributed by atoms with Crippen molar-refractivity contribution in [1.29, 1.82) is 0 Å². The molecule has 222 valence electrons. The van der Waals surface area contributed by atoms with Crippen LogP contribution >= 0.6 is 0 Å². The van der Waals surface area contributed by atoms with E-state index in [9.17, 15) is 4.79 Å². The minimum absolute atomic E-state index is 0.167. The minimum Gasteiger partial charge on any atom is -0.491 e. The first-order chi connectivity index (χ1) is 21.7. The Morgan fingerprint density at radius 1 is 0.795 bits per heavy atom. The molecular formula is C35H32N4O5. The van der Waals surface area contributed by atoms with Crippen molar-refractivity contribution in [3.63, 3.8) is 0 Å². The predicted octanol–water partition coefficient (Wildman–Crippen LogP) is 6.34. The van der Waals surface area contributed by atoms with Crippen molar-refractivity contribution in [1.82, 2.24) is 15.0 Å². The van der Waals surface area contributed by atoms with Gasteiger partial charge in [0, 0.05) is 11.3 Å². The van der Waals surface area contributed by atoms with Crippen molar-refractivity contribution in [3.8, 4) is 22.8 Å². The first-order valence-corrected chi connectivity index (χ1v) is 14.4. The van der Waals surface area contributed by atoms with E-state index in [-0.39, 0.29) is 17.8 Å². The molecule has 2 aromatic heterocycles. The maximum absolute atomic E-state index is 13.5. The molecule has 0 spiro atoms. The lowest BCUT2D eigenvalue weighted by Gasteiger charge is -2.13. The molecule has 9 nitrogen and oxygen atoms in total. The Labute approximate surface area is 254 Å². The maximum Gasteiger partial charge on any atom is 0.235 e. The Morgan fingerprint density at radius 3 is 2.45 bits per heavy atom. The topological polar surface area (TPSA) is 101 Å². The quantitative estimate of drug-likeness (QED) is 0.147. The van der Waals surface area contributed by atoms with Gasteiger partial charge in [-0.1, -0.05) is 78.0 Å². The Morgan fingerprint density at radius 2 is 1.59 bits per heavy atom. The van der Waals surface area contributed by atoms with Crippen molar-refractivity contribution in [2.24, 2.45) is 0 Å². The Hall–Kier alpha value is -5.41. The third-order valence-corrected chi connectivity index (χ3v) is 6.87. The average molecular weight is 589 g/mol. The summed E-state index contributed by atoms with van der Waals surface area (Å²) in [6.07, 6.45) is 1.91. The molecule has 6 rings (SSSR count). The highest BCUT2D eigenvalue weighted by molar-refractivity contribution is 5.82. The summed E-state index contributed by atoms with van der Waals surface area (Å²) in [6.45, 7) is 2.65. The van der Waals surface area contributed by atoms with Gasteiger partial charge in [0.05, 0.1) is 37.9 Å². The highest BCUT2D eigenvalue weighted by Gasteiger charge is 2.18. The van der Waals surface area contributed by atoms with Crippen LogP contribution in [-0.4, -0.2) is 34.8 Å². The van der Waals surface area contributed by atoms with E-state index in [2.05, 4.69) is 15.6 Å². The molecule has 2 heterocycles. The monoisotopic (exact) mass is 588 g/mol. The summed E-state index contributed by atoms with van der Waals surface area (Å²) in [6, 6.07) is 34.3. The molecule has 0 unspecified atom stereocenters. The lowest BCUT2D eigenvalue weighted by Crippen LogP contribution is -2.12. The van der Waals surface area contributed by atoms with Crippen LogP contribution in [0.15, 0.2) is 125 Å². The lowest BCUT2D eigenvalue weighted by molar-refractivity contribution is 0.0923. The fourth-order valence-electron chi connectivity index (χ4n) is 4.66. The van der Waals surface area contributed by atoms with Gasteiger partial charge in [0.15, 0.2) is 5.76 Å². The number of hydrogen-bond acceptors (Lipinski definition) is 8. The maximum atomic E-state index is 13.5. The van der Waals surface area contributed by atoms with Crippen LogP contribution in [0.3, 0.4) is 0 Å². The Kier molecular flexibility index (Phi) is 9.24. The van der Waals surface area contributed by atoms with Crippen molar-refractivity contribution >= 4 is 16.7 Å². The Balaban J connectivity index is 1.04. The number of hydrogen-bond donors (Lipinski definition) is 1. The van der Waals surface area contributed by atoms with E-state index in [1.54, 1.807) is 16.8 Å². The van der Waals surface area contributed by atoms with Gasteiger partial charge in [-0.2, -0.15) is 0 Å². The molecule has 0 saturated carbocycles. The van der Waals surface area contributed by atoms with E-state index in [1.165, 1.54) is 0 Å². The number of rotatable bonds is 14. The van der Waals surface area contributed by atoms with Crippen LogP contribution in [-0.2, 0) is 24.4 Å². The number of nitrogens with one attached hydrogen (secondary N) is 1. The molecule has 4 aromatic carbocycles. The second-order valence-electron chi connectivity index (χ2n) is 10.0. The van der Waals surface area contributed by atoms with Crippen LogP contribution in [0.25, 0.3) is 22.3 Å². The zero-order valence-corrected chi connectivity index (χ0v) is 24.1. The first-order valence-electron chi connectivity index (χ1n) is 14.4. The summed E-state index contributed by atoms with van der Waals surface area (Å²) in [5.74, 6) is 1.15. The van der Waals surface area contributed by atoms with Crippen molar-refractivity contribution in [2.45, 2.75) is 19.7 Å². The van der Waals surface area contributed by atoms with Crippen LogP contribution in [0, 0.1) is 0 Å². The number of para-hydroxylation sites is 2. The molecule has 0 aliphatic heterocycles. The number of nitrogens with zero attached hydrogens (tertiary/aromatic N) is 3. The van der Waals surface area contributed by atoms with Gasteiger partial charge < -0.3 is 23.9 Å². The molecule has 0 saturated heterocycles. The first kappa shape index (κ1) is 28.7. The second-order valence-corrected chi connectivity index (χ2v) is 10.0. The molecule has 0 fully saturated rings. The van der Waals surface area contributed by atoms with E-state index in [4.69, 9.17) is 18.6 Å². The van der Waals surface area contributed by atoms with Crippen LogP contribution in [0.5, 0.6) is 11.5 Å². The van der Waals surface area contributed by atoms with Gasteiger partial charge in [0.2, 0.25) is 11.2 Å². The summed E-state index contributed by atoms with van der Waals surface area (Å²) in [7, 11) is 0. The van der Waals surface area contributed by atoms with Crippen molar-refractivity contribution < 1.29 is 18.6 Å². The fourth-order valence-corrected chi connectivity index (χ4v) is 4.66. The average Bonchev–Trinajstić information content (AvgIpc) is 3.53. The van der Waals surface area contributed by atoms with Crippen molar-refractivity contribution in [3.05, 3.63) is 137 Å².